The van der Waals surface area contributed by atoms with Crippen LogP contribution in [0.1, 0.15) is 139 Å². The van der Waals surface area contributed by atoms with E-state index in [9.17, 15) is 60.3 Å². The number of pyridine rings is 1. The van der Waals surface area contributed by atoms with Crippen LogP contribution in [0, 0.1) is 18.8 Å². The summed E-state index contributed by atoms with van der Waals surface area (Å²) in [6, 6.07) is 24.6. The monoisotopic (exact) mass is 1350 g/mol. The lowest BCUT2D eigenvalue weighted by molar-refractivity contribution is -0.138. The molecule has 2 aliphatic heterocycles. The third kappa shape index (κ3) is 19.7. The summed E-state index contributed by atoms with van der Waals surface area (Å²) in [5.41, 5.74) is 16.5. The maximum Gasteiger partial charge on any atom is 0.312 e. The van der Waals surface area contributed by atoms with Gasteiger partial charge in [-0.15, -0.1) is 0 Å². The van der Waals surface area contributed by atoms with Gasteiger partial charge in [-0.05, 0) is 123 Å². The van der Waals surface area contributed by atoms with Crippen molar-refractivity contribution in [3.63, 3.8) is 0 Å². The Morgan fingerprint density at radius 2 is 1.53 bits per heavy atom. The molecule has 1 fully saturated rings. The first-order valence-electron chi connectivity index (χ1n) is 32.5. The lowest BCUT2D eigenvalue weighted by Crippen LogP contribution is -2.56. The molecule has 8 rings (SSSR count). The summed E-state index contributed by atoms with van der Waals surface area (Å²) >= 11 is 0. The molecule has 1 unspecified atom stereocenters. The zero-order valence-corrected chi connectivity index (χ0v) is 56.4. The maximum atomic E-state index is 14.5. The number of fused-ring (bicyclic) bond motifs is 2. The Morgan fingerprint density at radius 3 is 2.22 bits per heavy atom. The van der Waals surface area contributed by atoms with Crippen molar-refractivity contribution < 1.29 is 60.3 Å². The number of aliphatic hydroxyl groups is 1. The number of sulfone groups is 2. The second kappa shape index (κ2) is 33.0. The number of unbranched alkanes of at least 4 members (excludes halogenated alkanes) is 2. The molecule has 512 valence electrons. The molecular weight excluding hydrogens is 1270 g/mol. The first-order chi connectivity index (χ1) is 45.8. The van der Waals surface area contributed by atoms with Crippen LogP contribution in [0.4, 0.5) is 16.2 Å². The Balaban J connectivity index is 0.823. The molecular formula is C70H87N11O13S2. The fraction of sp³-hybridized carbons (Fsp3) is 0.429. The molecule has 5 aromatic rings. The lowest BCUT2D eigenvalue weighted by atomic mass is 9.92. The minimum Gasteiger partial charge on any atom is -0.395 e. The molecule has 10 N–H and O–H groups in total. The summed E-state index contributed by atoms with van der Waals surface area (Å²) in [7, 11) is -8.08. The van der Waals surface area contributed by atoms with E-state index in [0.29, 0.717) is 84.3 Å². The number of primary amides is 1. The molecule has 24 nitrogen and oxygen atoms in total. The highest BCUT2D eigenvalue weighted by Gasteiger charge is 2.51. The van der Waals surface area contributed by atoms with Crippen LogP contribution in [0.5, 0.6) is 0 Å². The lowest BCUT2D eigenvalue weighted by Gasteiger charge is -2.33. The smallest absolute Gasteiger partial charge is 0.312 e. The molecule has 4 aromatic carbocycles. The predicted octanol–water partition coefficient (Wildman–Crippen LogP) is 5.90. The summed E-state index contributed by atoms with van der Waals surface area (Å²) in [4.78, 5) is 121. The number of rotatable bonds is 33. The Morgan fingerprint density at radius 1 is 0.802 bits per heavy atom. The van der Waals surface area contributed by atoms with Gasteiger partial charge in [-0.25, -0.2) is 26.6 Å². The third-order valence-corrected chi connectivity index (χ3v) is 20.7. The summed E-state index contributed by atoms with van der Waals surface area (Å²) in [5.74, 6) is -6.44. The number of amides is 8. The number of ketones is 1. The van der Waals surface area contributed by atoms with E-state index >= 15 is 0 Å². The average molecular weight is 1350 g/mol. The summed E-state index contributed by atoms with van der Waals surface area (Å²) in [5, 5.41) is 23.7. The Kier molecular flexibility index (Phi) is 25.0. The van der Waals surface area contributed by atoms with Gasteiger partial charge in [-0.1, -0.05) is 93.9 Å². The number of hydrogen-bond donors (Lipinski definition) is 8. The van der Waals surface area contributed by atoms with Gasteiger partial charge in [0.1, 0.15) is 17.9 Å². The number of nitrogens with zero attached hydrogens (tertiary/aromatic N) is 4. The van der Waals surface area contributed by atoms with Crippen LogP contribution in [0.2, 0.25) is 0 Å². The minimum absolute atomic E-state index is 0.0296. The molecule has 96 heavy (non-hydrogen) atoms. The van der Waals surface area contributed by atoms with Crippen molar-refractivity contribution in [2.24, 2.45) is 28.3 Å². The maximum absolute atomic E-state index is 14.5. The summed E-state index contributed by atoms with van der Waals surface area (Å²) in [6.07, 6.45) is 7.61. The minimum atomic E-state index is -4.10. The van der Waals surface area contributed by atoms with Crippen LogP contribution in [-0.2, 0) is 67.8 Å². The van der Waals surface area contributed by atoms with Crippen molar-refractivity contribution in [3.8, 4) is 0 Å². The highest BCUT2D eigenvalue weighted by atomic mass is 32.2. The molecule has 0 bridgehead atoms. The molecule has 1 aliphatic carbocycles. The molecule has 3 heterocycles. The van der Waals surface area contributed by atoms with Crippen LogP contribution in [0.25, 0.3) is 6.08 Å². The number of aliphatic imine (C=N–C) groups is 1. The number of aryl methyl sites for hydroxylation is 1. The molecule has 26 heteroatoms. The highest BCUT2D eigenvalue weighted by Crippen LogP contribution is 2.50. The van der Waals surface area contributed by atoms with Gasteiger partial charge in [0.15, 0.2) is 25.5 Å². The first-order valence-corrected chi connectivity index (χ1v) is 36.0. The standard InChI is InChI=1S/C70H87N11O13S2/c1-5-31-80(33-34-82)66(87)51-36-50-24-25-54(39-59(50)77-60(71)38-51)70(27-28-70)68(89)76-55-37-52-41-81(32-26-57(52)75-40-55)67(88)58(18-13-30-74-69(72)90)78-65(86)62(45(2)3)79-61(83)19-10-7-11-29-73-64(85)49-22-20-48(21-23-49)63(84)53(43-95(91,92)42-47-15-8-6-9-16-47)44-96(93,94)56-17-12-14-46(4)35-56/h6,8-9,12,14-17,20-25,35-37,39-40,45,53,58,62,82H,5,7,10-11,13,18-19,26-34,38,41-44H2,1-4H3,(H2,71,77)(H,73,85)(H,76,89)(H,78,86)(H,79,83)(H3,72,74,90)/t53?,58-,62-/m0/s1. The predicted molar refractivity (Wildman–Crippen MR) is 365 cm³/mol. The number of anilines is 1. The largest absolute Gasteiger partial charge is 0.395 e. The van der Waals surface area contributed by atoms with Gasteiger partial charge in [0.25, 0.3) is 5.91 Å². The average Bonchev–Trinajstić information content (AvgIpc) is 1.58. The van der Waals surface area contributed by atoms with Gasteiger partial charge in [0.2, 0.25) is 29.5 Å². The van der Waals surface area contributed by atoms with Crippen molar-refractivity contribution >= 4 is 90.2 Å². The quantitative estimate of drug-likeness (QED) is 0.0179. The van der Waals surface area contributed by atoms with Gasteiger partial charge in [-0.3, -0.25) is 38.5 Å². The number of nitrogens with one attached hydrogen (secondary N) is 5. The third-order valence-electron chi connectivity index (χ3n) is 17.2. The molecule has 0 spiro atoms. The first kappa shape index (κ1) is 72.7. The number of carbonyl (C=O) groups is 8. The topological polar surface area (TPSA) is 369 Å². The van der Waals surface area contributed by atoms with E-state index in [1.807, 2.05) is 25.1 Å². The normalized spacial score (nSPS) is 15.0. The van der Waals surface area contributed by atoms with Gasteiger partial charge >= 0.3 is 6.03 Å². The molecule has 0 radical (unpaired) electrons. The van der Waals surface area contributed by atoms with Crippen LogP contribution in [0.3, 0.4) is 0 Å². The van der Waals surface area contributed by atoms with Gasteiger partial charge in [0, 0.05) is 86.5 Å². The molecule has 3 atom stereocenters. The number of aliphatic hydroxyl groups excluding tert-OH is 1. The number of hydrogen-bond acceptors (Lipinski definition) is 16. The Labute approximate surface area is 560 Å². The van der Waals surface area contributed by atoms with Crippen LogP contribution >= 0.6 is 0 Å². The molecule has 3 aliphatic rings. The zero-order valence-electron chi connectivity index (χ0n) is 54.7. The Bertz CT molecular complexity index is 3980. The van der Waals surface area contributed by atoms with Crippen molar-refractivity contribution in [3.05, 3.63) is 160 Å². The number of carbonyl (C=O) groups excluding carboxylic acids is 8. The molecule has 1 saturated carbocycles. The van der Waals surface area contributed by atoms with Crippen molar-refractivity contribution in [1.29, 1.82) is 0 Å². The van der Waals surface area contributed by atoms with Crippen molar-refractivity contribution in [2.45, 2.75) is 133 Å². The second-order valence-corrected chi connectivity index (χ2v) is 29.4. The number of benzene rings is 4. The van der Waals surface area contributed by atoms with Crippen LogP contribution in [-0.4, -0.2) is 153 Å². The van der Waals surface area contributed by atoms with Crippen molar-refractivity contribution in [1.82, 2.24) is 36.1 Å². The van der Waals surface area contributed by atoms with E-state index in [1.54, 1.807) is 91.4 Å². The molecule has 1 aromatic heterocycles. The van der Waals surface area contributed by atoms with Crippen LogP contribution in [0.15, 0.2) is 125 Å². The zero-order chi connectivity index (χ0) is 69.3. The number of Topliss-reactive ketones (excluding diaryl/α,β-unsaturated/α-hetero) is 1. The van der Waals surface area contributed by atoms with E-state index in [4.69, 9.17) is 11.5 Å². The van der Waals surface area contributed by atoms with Gasteiger partial charge in [0.05, 0.1) is 57.7 Å². The highest BCUT2D eigenvalue weighted by molar-refractivity contribution is 7.92. The van der Waals surface area contributed by atoms with E-state index in [1.165, 1.54) is 36.4 Å². The number of aromatic nitrogens is 1. The number of urea groups is 1. The van der Waals surface area contributed by atoms with E-state index < -0.39 is 96.0 Å². The van der Waals surface area contributed by atoms with E-state index in [-0.39, 0.29) is 104 Å². The van der Waals surface area contributed by atoms with Crippen molar-refractivity contribution in [2.75, 3.05) is 56.2 Å². The molecule has 8 amide bonds. The second-order valence-electron chi connectivity index (χ2n) is 25.2. The van der Waals surface area contributed by atoms with E-state index in [0.717, 1.165) is 17.7 Å². The number of amidine groups is 1. The number of nitrogens with two attached hydrogens (primary N) is 2. The summed E-state index contributed by atoms with van der Waals surface area (Å²) < 4.78 is 54.2. The Hall–Kier alpha value is -9.14. The van der Waals surface area contributed by atoms with Gasteiger partial charge < -0.3 is 53.0 Å². The fourth-order valence-electron chi connectivity index (χ4n) is 12.0. The van der Waals surface area contributed by atoms with E-state index in [2.05, 4.69) is 36.6 Å². The SMILES string of the molecule is CCCN(CCO)C(=O)C1=Cc2ccc(C3(C(=O)Nc4cnc5c(c4)CN(C(=O)[C@H](CCCNC(N)=O)NC(=O)[C@@H](NC(=O)CCCCCNC(=O)c4ccc(C(=O)C(CS(=O)(=O)Cc6ccccc6)CS(=O)(=O)c6cccc(C)c6)cc4)C(C)C)CC5)CC3)cc2N=C(N)C1. The summed E-state index contributed by atoms with van der Waals surface area (Å²) in [6.45, 7) is 8.47. The van der Waals surface area contributed by atoms with Crippen LogP contribution < -0.4 is 38.1 Å². The van der Waals surface area contributed by atoms with Gasteiger partial charge in [-0.2, -0.15) is 0 Å². The fourth-order valence-corrected chi connectivity index (χ4v) is 15.4. The molecule has 0 saturated heterocycles.